The van der Waals surface area contributed by atoms with Crippen LogP contribution in [0.5, 0.6) is 5.75 Å². The lowest BCUT2D eigenvalue weighted by Gasteiger charge is -2.04. The highest BCUT2D eigenvalue weighted by Gasteiger charge is 2.15. The molecule has 5 nitrogen and oxygen atoms in total. The number of benzene rings is 1. The van der Waals surface area contributed by atoms with E-state index >= 15 is 0 Å². The maximum atomic E-state index is 11.2. The van der Waals surface area contributed by atoms with Gasteiger partial charge in [0.05, 0.1) is 11.1 Å². The van der Waals surface area contributed by atoms with E-state index in [2.05, 4.69) is 5.32 Å². The molecular weight excluding hydrogens is 186 g/mol. The number of aromatic carboxylic acids is 1. The van der Waals surface area contributed by atoms with Crippen molar-refractivity contribution in [3.63, 3.8) is 0 Å². The van der Waals surface area contributed by atoms with Crippen LogP contribution < -0.4 is 5.32 Å². The fourth-order valence-electron chi connectivity index (χ4n) is 1.04. The first kappa shape index (κ1) is 10.0. The van der Waals surface area contributed by atoms with Gasteiger partial charge in [0.2, 0.25) is 0 Å². The number of phenolic OH excluding ortho intramolecular Hbond substituents is 1. The summed E-state index contributed by atoms with van der Waals surface area (Å²) in [4.78, 5) is 21.9. The molecule has 1 aromatic carbocycles. The summed E-state index contributed by atoms with van der Waals surface area (Å²) in [6.45, 7) is 0. The minimum absolute atomic E-state index is 0.0556. The summed E-state index contributed by atoms with van der Waals surface area (Å²) in [6, 6.07) is 3.51. The Morgan fingerprint density at radius 1 is 1.29 bits per heavy atom. The summed E-state index contributed by atoms with van der Waals surface area (Å²) in [5, 5.41) is 20.1. The van der Waals surface area contributed by atoms with Crippen molar-refractivity contribution in [3.8, 4) is 5.75 Å². The molecule has 0 bridgehead atoms. The van der Waals surface area contributed by atoms with Crippen molar-refractivity contribution in [2.45, 2.75) is 0 Å². The van der Waals surface area contributed by atoms with Gasteiger partial charge in [0.1, 0.15) is 5.75 Å². The fraction of sp³-hybridized carbons (Fsp3) is 0.111. The average molecular weight is 195 g/mol. The molecule has 0 unspecified atom stereocenters. The van der Waals surface area contributed by atoms with Crippen LogP contribution in [0, 0.1) is 0 Å². The molecule has 1 rings (SSSR count). The molecule has 74 valence electrons. The predicted molar refractivity (Wildman–Crippen MR) is 48.5 cm³/mol. The normalized spacial score (nSPS) is 9.50. The molecule has 0 heterocycles. The van der Waals surface area contributed by atoms with E-state index in [1.165, 1.54) is 19.2 Å². The van der Waals surface area contributed by atoms with Gasteiger partial charge in [0.25, 0.3) is 5.91 Å². The van der Waals surface area contributed by atoms with E-state index in [1.807, 2.05) is 0 Å². The third kappa shape index (κ3) is 1.82. The first-order valence-electron chi connectivity index (χ1n) is 3.84. The zero-order valence-electron chi connectivity index (χ0n) is 7.44. The number of rotatable bonds is 2. The van der Waals surface area contributed by atoms with Gasteiger partial charge in [-0.3, -0.25) is 4.79 Å². The van der Waals surface area contributed by atoms with E-state index < -0.39 is 11.9 Å². The fourth-order valence-corrected chi connectivity index (χ4v) is 1.04. The average Bonchev–Trinajstić information content (AvgIpc) is 2.16. The van der Waals surface area contributed by atoms with Crippen LogP contribution in [0.4, 0.5) is 0 Å². The Morgan fingerprint density at radius 2 is 1.93 bits per heavy atom. The quantitative estimate of drug-likeness (QED) is 0.639. The van der Waals surface area contributed by atoms with Crippen LogP contribution in [0.15, 0.2) is 18.2 Å². The molecule has 0 saturated heterocycles. The maximum absolute atomic E-state index is 11.2. The number of hydrogen-bond donors (Lipinski definition) is 3. The van der Waals surface area contributed by atoms with Crippen molar-refractivity contribution in [3.05, 3.63) is 29.3 Å². The summed E-state index contributed by atoms with van der Waals surface area (Å²) in [6.07, 6.45) is 0. The lowest BCUT2D eigenvalue weighted by molar-refractivity contribution is 0.0691. The predicted octanol–water partition coefficient (Wildman–Crippen LogP) is 0.450. The number of carboxylic acid groups (broad SMARTS) is 1. The molecule has 0 radical (unpaired) electrons. The molecule has 0 aliphatic rings. The van der Waals surface area contributed by atoms with Gasteiger partial charge >= 0.3 is 5.97 Å². The molecule has 0 aliphatic carbocycles. The molecule has 0 atom stereocenters. The number of nitrogens with one attached hydrogen (secondary N) is 1. The lowest BCUT2D eigenvalue weighted by Crippen LogP contribution is -2.20. The van der Waals surface area contributed by atoms with Crippen molar-refractivity contribution in [1.82, 2.24) is 5.32 Å². The third-order valence-corrected chi connectivity index (χ3v) is 1.71. The second-order valence-electron chi connectivity index (χ2n) is 2.61. The third-order valence-electron chi connectivity index (χ3n) is 1.71. The molecule has 0 spiro atoms. The van der Waals surface area contributed by atoms with Gasteiger partial charge in [-0.05, 0) is 18.2 Å². The number of carbonyl (C=O) groups is 2. The van der Waals surface area contributed by atoms with Crippen LogP contribution in [-0.4, -0.2) is 29.1 Å². The lowest BCUT2D eigenvalue weighted by atomic mass is 10.1. The van der Waals surface area contributed by atoms with E-state index in [0.29, 0.717) is 0 Å². The summed E-state index contributed by atoms with van der Waals surface area (Å²) in [5.41, 5.74) is -0.192. The van der Waals surface area contributed by atoms with Crippen LogP contribution in [0.3, 0.4) is 0 Å². The van der Waals surface area contributed by atoms with Gasteiger partial charge in [0, 0.05) is 7.05 Å². The first-order valence-corrected chi connectivity index (χ1v) is 3.84. The molecule has 1 amide bonds. The molecule has 5 heteroatoms. The number of aromatic hydroxyl groups is 1. The van der Waals surface area contributed by atoms with E-state index in [-0.39, 0.29) is 16.9 Å². The van der Waals surface area contributed by atoms with E-state index in [4.69, 9.17) is 10.2 Å². The van der Waals surface area contributed by atoms with Crippen LogP contribution in [0.1, 0.15) is 20.7 Å². The summed E-state index contributed by atoms with van der Waals surface area (Å²) in [5.74, 6) is -1.89. The smallest absolute Gasteiger partial charge is 0.336 e. The molecule has 3 N–H and O–H groups in total. The molecule has 1 aromatic rings. The Labute approximate surface area is 80.0 Å². The highest BCUT2D eigenvalue weighted by molar-refractivity contribution is 6.04. The standard InChI is InChI=1S/C9H9NO4/c1-10-8(12)7-4-5(11)2-3-6(7)9(13)14/h2-4,11H,1H3,(H,10,12)(H,13,14). The number of carbonyl (C=O) groups excluding carboxylic acids is 1. The number of carboxylic acids is 1. The van der Waals surface area contributed by atoms with E-state index in [9.17, 15) is 9.59 Å². The number of hydrogen-bond acceptors (Lipinski definition) is 3. The molecule has 0 aromatic heterocycles. The monoisotopic (exact) mass is 195 g/mol. The number of phenols is 1. The summed E-state index contributed by atoms with van der Waals surface area (Å²) in [7, 11) is 1.39. The number of amides is 1. The van der Waals surface area contributed by atoms with Gasteiger partial charge in [-0.15, -0.1) is 0 Å². The summed E-state index contributed by atoms with van der Waals surface area (Å²) < 4.78 is 0. The summed E-state index contributed by atoms with van der Waals surface area (Å²) >= 11 is 0. The highest BCUT2D eigenvalue weighted by atomic mass is 16.4. The second-order valence-corrected chi connectivity index (χ2v) is 2.61. The topological polar surface area (TPSA) is 86.6 Å². The van der Waals surface area contributed by atoms with Crippen LogP contribution in [0.25, 0.3) is 0 Å². The molecule has 0 aliphatic heterocycles. The van der Waals surface area contributed by atoms with Crippen molar-refractivity contribution in [1.29, 1.82) is 0 Å². The molecule has 14 heavy (non-hydrogen) atoms. The zero-order chi connectivity index (χ0) is 10.7. The minimum Gasteiger partial charge on any atom is -0.508 e. The van der Waals surface area contributed by atoms with Crippen molar-refractivity contribution in [2.75, 3.05) is 7.05 Å². The molecule has 0 fully saturated rings. The van der Waals surface area contributed by atoms with Gasteiger partial charge < -0.3 is 15.5 Å². The minimum atomic E-state index is -1.20. The molecule has 0 saturated carbocycles. The Kier molecular flexibility index (Phi) is 2.71. The van der Waals surface area contributed by atoms with E-state index in [0.717, 1.165) is 6.07 Å². The van der Waals surface area contributed by atoms with Gasteiger partial charge in [-0.1, -0.05) is 0 Å². The van der Waals surface area contributed by atoms with Crippen LogP contribution in [0.2, 0.25) is 0 Å². The van der Waals surface area contributed by atoms with Crippen LogP contribution >= 0.6 is 0 Å². The molecular formula is C9H9NO4. The highest BCUT2D eigenvalue weighted by Crippen LogP contribution is 2.16. The Morgan fingerprint density at radius 3 is 2.43 bits per heavy atom. The Balaban J connectivity index is 3.29. The van der Waals surface area contributed by atoms with Gasteiger partial charge in [0.15, 0.2) is 0 Å². The Hall–Kier alpha value is -2.04. The van der Waals surface area contributed by atoms with Crippen molar-refractivity contribution < 1.29 is 19.8 Å². The maximum Gasteiger partial charge on any atom is 0.336 e. The van der Waals surface area contributed by atoms with Crippen LogP contribution in [-0.2, 0) is 0 Å². The second kappa shape index (κ2) is 3.78. The largest absolute Gasteiger partial charge is 0.508 e. The Bertz CT molecular complexity index is 386. The SMILES string of the molecule is CNC(=O)c1cc(O)ccc1C(=O)O. The van der Waals surface area contributed by atoms with Crippen molar-refractivity contribution >= 4 is 11.9 Å². The van der Waals surface area contributed by atoms with E-state index in [1.54, 1.807) is 0 Å². The first-order chi connectivity index (χ1) is 6.56. The van der Waals surface area contributed by atoms with Crippen molar-refractivity contribution in [2.24, 2.45) is 0 Å². The van der Waals surface area contributed by atoms with Gasteiger partial charge in [-0.2, -0.15) is 0 Å². The van der Waals surface area contributed by atoms with Gasteiger partial charge in [-0.25, -0.2) is 4.79 Å². The zero-order valence-corrected chi connectivity index (χ0v) is 7.44.